The molecule has 2 aromatic carbocycles. The summed E-state index contributed by atoms with van der Waals surface area (Å²) < 4.78 is 40.8. The van der Waals surface area contributed by atoms with Gasteiger partial charge in [0.25, 0.3) is 0 Å². The van der Waals surface area contributed by atoms with Crippen molar-refractivity contribution in [3.05, 3.63) is 89.5 Å². The van der Waals surface area contributed by atoms with Gasteiger partial charge in [-0.1, -0.05) is 30.7 Å². The van der Waals surface area contributed by atoms with E-state index in [1.165, 1.54) is 34.9 Å². The van der Waals surface area contributed by atoms with Crippen molar-refractivity contribution in [2.75, 3.05) is 13.1 Å². The first kappa shape index (κ1) is 36.0. The molecule has 0 amide bonds. The predicted molar refractivity (Wildman–Crippen MR) is 164 cm³/mol. The molecule has 3 atom stereocenters. The number of pyridine rings is 1. The summed E-state index contributed by atoms with van der Waals surface area (Å²) in [6, 6.07) is 15.2. The van der Waals surface area contributed by atoms with Crippen molar-refractivity contribution in [3.63, 3.8) is 0 Å². The molecule has 222 valence electrons. The Morgan fingerprint density at radius 2 is 1.85 bits per heavy atom. The molecule has 40 heavy (non-hydrogen) atoms. The lowest BCUT2D eigenvalue weighted by Gasteiger charge is -2.35. The van der Waals surface area contributed by atoms with Gasteiger partial charge >= 0.3 is 0 Å². The summed E-state index contributed by atoms with van der Waals surface area (Å²) in [4.78, 5) is 3.93. The number of hydrogen-bond acceptors (Lipinski definition) is 6. The van der Waals surface area contributed by atoms with Crippen molar-refractivity contribution in [3.8, 4) is 5.75 Å². The Morgan fingerprint density at radius 3 is 2.58 bits per heavy atom. The third-order valence-corrected chi connectivity index (χ3v) is 8.47. The van der Waals surface area contributed by atoms with Crippen molar-refractivity contribution in [2.24, 2.45) is 5.73 Å². The fourth-order valence-corrected chi connectivity index (χ4v) is 6.20. The second kappa shape index (κ2) is 17.1. The Morgan fingerprint density at radius 1 is 1.07 bits per heavy atom. The molecule has 1 heterocycles. The molecular formula is C28H38Cl3FN4O3S. The lowest BCUT2D eigenvalue weighted by atomic mass is 9.76. The number of unbranched alkanes of at least 4 members (excludes halogenated alkanes) is 1. The summed E-state index contributed by atoms with van der Waals surface area (Å²) in [5, 5.41) is 13.6. The summed E-state index contributed by atoms with van der Waals surface area (Å²) in [5.41, 5.74) is 10.00. The number of nitrogens with one attached hydrogen (secondary N) is 2. The number of benzene rings is 2. The van der Waals surface area contributed by atoms with Crippen LogP contribution in [0, 0.1) is 5.82 Å². The fraction of sp³-hybridized carbons (Fsp3) is 0.393. The molecule has 12 heteroatoms. The summed E-state index contributed by atoms with van der Waals surface area (Å²) in [7, 11) is -3.86. The van der Waals surface area contributed by atoms with Crippen LogP contribution in [0.2, 0.25) is 0 Å². The summed E-state index contributed by atoms with van der Waals surface area (Å²) in [5.74, 6) is -0.218. The van der Waals surface area contributed by atoms with Crippen molar-refractivity contribution < 1.29 is 17.9 Å². The molecule has 7 nitrogen and oxygen atoms in total. The fourth-order valence-electron chi connectivity index (χ4n) is 5.05. The van der Waals surface area contributed by atoms with Crippen molar-refractivity contribution in [2.45, 2.75) is 61.4 Å². The number of nitrogens with two attached hydrogens (primary N) is 1. The topological polar surface area (TPSA) is 117 Å². The average Bonchev–Trinajstić information content (AvgIpc) is 2.88. The van der Waals surface area contributed by atoms with E-state index < -0.39 is 15.8 Å². The number of aromatic hydroxyl groups is 1. The van der Waals surface area contributed by atoms with Gasteiger partial charge in [0.15, 0.2) is 0 Å². The zero-order valence-corrected chi connectivity index (χ0v) is 25.3. The largest absolute Gasteiger partial charge is 0.508 e. The average molecular weight is 636 g/mol. The van der Waals surface area contributed by atoms with Gasteiger partial charge in [-0.3, -0.25) is 4.98 Å². The minimum Gasteiger partial charge on any atom is -0.508 e. The van der Waals surface area contributed by atoms with Crippen LogP contribution in [0.1, 0.15) is 48.3 Å². The van der Waals surface area contributed by atoms with Crippen molar-refractivity contribution in [1.82, 2.24) is 15.0 Å². The highest BCUT2D eigenvalue weighted by Crippen LogP contribution is 2.36. The lowest BCUT2D eigenvalue weighted by Crippen LogP contribution is -2.44. The minimum atomic E-state index is -3.86. The molecule has 0 saturated heterocycles. The number of rotatable bonds is 12. The Kier molecular flexibility index (Phi) is 15.4. The smallest absolute Gasteiger partial charge is 0.243 e. The second-order valence-corrected chi connectivity index (χ2v) is 11.4. The molecular weight excluding hydrogens is 598 g/mol. The maximum Gasteiger partial charge on any atom is 0.243 e. The van der Waals surface area contributed by atoms with E-state index in [4.69, 9.17) is 5.73 Å². The SMILES string of the molecule is Cl.Cl.Cl.NC(CCCCNS(=O)(=O)c1ccccc1F)CNC1CCc2cc(O)ccc2C1Cc1cccnc1. The van der Waals surface area contributed by atoms with E-state index in [-0.39, 0.29) is 66.7 Å². The number of aryl methyl sites for hydroxylation is 1. The Labute approximate surface area is 254 Å². The first-order valence-corrected chi connectivity index (χ1v) is 14.3. The van der Waals surface area contributed by atoms with Gasteiger partial charge in [-0.15, -0.1) is 37.2 Å². The van der Waals surface area contributed by atoms with E-state index in [9.17, 15) is 17.9 Å². The quantitative estimate of drug-likeness (QED) is 0.211. The van der Waals surface area contributed by atoms with Crippen LogP contribution in [0.3, 0.4) is 0 Å². The van der Waals surface area contributed by atoms with E-state index in [0.29, 0.717) is 18.7 Å². The summed E-state index contributed by atoms with van der Waals surface area (Å²) in [6.07, 6.45) is 8.49. The highest BCUT2D eigenvalue weighted by atomic mass is 35.5. The number of fused-ring (bicyclic) bond motifs is 1. The van der Waals surface area contributed by atoms with Gasteiger partial charge in [-0.2, -0.15) is 0 Å². The third-order valence-electron chi connectivity index (χ3n) is 6.98. The van der Waals surface area contributed by atoms with Crippen LogP contribution in [0.15, 0.2) is 71.9 Å². The predicted octanol–water partition coefficient (Wildman–Crippen LogP) is 4.90. The van der Waals surface area contributed by atoms with Crippen LogP contribution in [0.4, 0.5) is 4.39 Å². The van der Waals surface area contributed by atoms with E-state index in [1.807, 2.05) is 24.4 Å². The van der Waals surface area contributed by atoms with Crippen LogP contribution >= 0.6 is 37.2 Å². The number of phenols is 1. The van der Waals surface area contributed by atoms with E-state index >= 15 is 0 Å². The Hall–Kier alpha value is -1.98. The van der Waals surface area contributed by atoms with Crippen LogP contribution < -0.4 is 15.8 Å². The van der Waals surface area contributed by atoms with Gasteiger partial charge in [0.05, 0.1) is 0 Å². The Balaban J connectivity index is 0.00000267. The molecule has 1 aliphatic carbocycles. The molecule has 1 aromatic heterocycles. The van der Waals surface area contributed by atoms with Crippen molar-refractivity contribution >= 4 is 47.2 Å². The van der Waals surface area contributed by atoms with Gasteiger partial charge in [0.1, 0.15) is 16.5 Å². The van der Waals surface area contributed by atoms with Crippen LogP contribution in [-0.2, 0) is 22.9 Å². The summed E-state index contributed by atoms with van der Waals surface area (Å²) >= 11 is 0. The minimum absolute atomic E-state index is 0. The number of sulfonamides is 1. The van der Waals surface area contributed by atoms with Gasteiger partial charge in [0, 0.05) is 43.5 Å². The molecule has 0 aliphatic heterocycles. The molecule has 5 N–H and O–H groups in total. The molecule has 0 radical (unpaired) electrons. The highest BCUT2D eigenvalue weighted by molar-refractivity contribution is 7.89. The zero-order valence-electron chi connectivity index (χ0n) is 22.0. The van der Waals surface area contributed by atoms with E-state index in [1.54, 1.807) is 12.3 Å². The molecule has 0 saturated carbocycles. The van der Waals surface area contributed by atoms with E-state index in [0.717, 1.165) is 38.2 Å². The number of nitrogens with zero attached hydrogens (tertiary/aromatic N) is 1. The maximum absolute atomic E-state index is 13.8. The second-order valence-electron chi connectivity index (χ2n) is 9.69. The molecule has 0 bridgehead atoms. The van der Waals surface area contributed by atoms with Gasteiger partial charge in [-0.25, -0.2) is 17.5 Å². The van der Waals surface area contributed by atoms with Gasteiger partial charge in [-0.05, 0) is 79.1 Å². The molecule has 3 unspecified atom stereocenters. The highest BCUT2D eigenvalue weighted by Gasteiger charge is 2.30. The normalized spacial score (nSPS) is 16.9. The van der Waals surface area contributed by atoms with Gasteiger partial charge < -0.3 is 16.2 Å². The first-order valence-electron chi connectivity index (χ1n) is 12.8. The molecule has 3 aromatic rings. The van der Waals surface area contributed by atoms with E-state index in [2.05, 4.69) is 21.1 Å². The molecule has 4 rings (SSSR count). The molecule has 1 aliphatic rings. The monoisotopic (exact) mass is 634 g/mol. The van der Waals surface area contributed by atoms with Crippen LogP contribution in [-0.4, -0.2) is 43.7 Å². The molecule has 0 spiro atoms. The Bertz CT molecular complexity index is 1290. The van der Waals surface area contributed by atoms with Crippen LogP contribution in [0.5, 0.6) is 5.75 Å². The standard InChI is InChI=1S/C28H35FN4O3S.3ClH/c29-26-8-1-2-9-28(26)37(35,36)33-15-4-3-7-22(30)19-32-27-13-10-21-17-23(34)11-12-24(21)25(27)16-20-6-5-14-31-18-20;;;/h1-2,5-6,8-9,11-12,14,17-18,22,25,27,32-34H,3-4,7,10,13,15-16,19,30H2;3*1H. The van der Waals surface area contributed by atoms with Gasteiger partial charge in [0.2, 0.25) is 10.0 Å². The van der Waals surface area contributed by atoms with Crippen LogP contribution in [0.25, 0.3) is 0 Å². The number of hydrogen-bond donors (Lipinski definition) is 4. The molecule has 0 fully saturated rings. The lowest BCUT2D eigenvalue weighted by molar-refractivity contribution is 0.366. The maximum atomic E-state index is 13.8. The number of phenolic OH excluding ortho intramolecular Hbond substituents is 1. The number of halogens is 4. The van der Waals surface area contributed by atoms with Crippen molar-refractivity contribution in [1.29, 1.82) is 0 Å². The first-order chi connectivity index (χ1) is 17.8. The summed E-state index contributed by atoms with van der Waals surface area (Å²) in [6.45, 7) is 0.888. The third kappa shape index (κ3) is 9.83. The number of aromatic nitrogens is 1. The zero-order chi connectivity index (χ0) is 26.3.